The van der Waals surface area contributed by atoms with Gasteiger partial charge in [-0.15, -0.1) is 11.6 Å². The lowest BCUT2D eigenvalue weighted by Crippen LogP contribution is -2.04. The van der Waals surface area contributed by atoms with Crippen LogP contribution in [0.3, 0.4) is 0 Å². The van der Waals surface area contributed by atoms with Crippen LogP contribution in [0.15, 0.2) is 12.1 Å². The number of methoxy groups -OCH3 is 2. The van der Waals surface area contributed by atoms with Gasteiger partial charge < -0.3 is 14.2 Å². The fourth-order valence-electron chi connectivity index (χ4n) is 1.27. The van der Waals surface area contributed by atoms with E-state index in [1.54, 1.807) is 12.1 Å². The van der Waals surface area contributed by atoms with E-state index in [1.807, 2.05) is 0 Å². The minimum Gasteiger partial charge on any atom is -0.496 e. The van der Waals surface area contributed by atoms with Crippen LogP contribution in [0.2, 0.25) is 0 Å². The first-order chi connectivity index (χ1) is 7.62. The molecule has 1 aromatic carbocycles. The first-order valence-corrected chi connectivity index (χ1v) is 5.15. The van der Waals surface area contributed by atoms with Crippen molar-refractivity contribution in [1.29, 1.82) is 0 Å². The van der Waals surface area contributed by atoms with Gasteiger partial charge in [-0.25, -0.2) is 0 Å². The van der Waals surface area contributed by atoms with Gasteiger partial charge >= 0.3 is 5.97 Å². The Labute approximate surface area is 99.1 Å². The average molecular weight is 245 g/mol. The number of hydrogen-bond donors (Lipinski definition) is 0. The van der Waals surface area contributed by atoms with Crippen LogP contribution in [0.1, 0.15) is 12.5 Å². The molecule has 0 fully saturated rings. The van der Waals surface area contributed by atoms with E-state index in [2.05, 4.69) is 0 Å². The summed E-state index contributed by atoms with van der Waals surface area (Å²) in [6.07, 6.45) is 0. The van der Waals surface area contributed by atoms with Gasteiger partial charge in [0.05, 0.1) is 20.1 Å². The Morgan fingerprint density at radius 2 is 1.81 bits per heavy atom. The van der Waals surface area contributed by atoms with E-state index in [9.17, 15) is 4.79 Å². The molecule has 0 amide bonds. The number of carbonyl (C=O) groups excluding carboxylic acids is 1. The van der Waals surface area contributed by atoms with Gasteiger partial charge in [0.25, 0.3) is 0 Å². The number of ether oxygens (including phenoxy) is 3. The fourth-order valence-corrected chi connectivity index (χ4v) is 1.48. The highest BCUT2D eigenvalue weighted by atomic mass is 35.5. The smallest absolute Gasteiger partial charge is 0.308 e. The van der Waals surface area contributed by atoms with Crippen molar-refractivity contribution < 1.29 is 19.0 Å². The standard InChI is InChI=1S/C11H13ClO4/c1-7(13)16-11-4-8(6-12)9(14-2)5-10(11)15-3/h4-5H,6H2,1-3H3. The molecular weight excluding hydrogens is 232 g/mol. The van der Waals surface area contributed by atoms with Gasteiger partial charge in [0.15, 0.2) is 11.5 Å². The summed E-state index contributed by atoms with van der Waals surface area (Å²) in [5.41, 5.74) is 0.737. The van der Waals surface area contributed by atoms with Gasteiger partial charge in [0, 0.05) is 18.6 Å². The van der Waals surface area contributed by atoms with Gasteiger partial charge in [0.1, 0.15) is 5.75 Å². The Hall–Kier alpha value is -1.42. The predicted octanol–water partition coefficient (Wildman–Crippen LogP) is 2.37. The first kappa shape index (κ1) is 12.6. The monoisotopic (exact) mass is 244 g/mol. The van der Waals surface area contributed by atoms with Crippen molar-refractivity contribution in [3.63, 3.8) is 0 Å². The molecule has 0 radical (unpaired) electrons. The number of hydrogen-bond acceptors (Lipinski definition) is 4. The van der Waals surface area contributed by atoms with Crippen LogP contribution in [0.4, 0.5) is 0 Å². The second-order valence-corrected chi connectivity index (χ2v) is 3.31. The number of carbonyl (C=O) groups is 1. The molecule has 0 aliphatic rings. The summed E-state index contributed by atoms with van der Waals surface area (Å²) in [7, 11) is 3.03. The third-order valence-electron chi connectivity index (χ3n) is 1.96. The summed E-state index contributed by atoms with van der Waals surface area (Å²) in [4.78, 5) is 10.9. The van der Waals surface area contributed by atoms with Crippen LogP contribution in [-0.4, -0.2) is 20.2 Å². The molecule has 88 valence electrons. The zero-order chi connectivity index (χ0) is 12.1. The van der Waals surface area contributed by atoms with E-state index >= 15 is 0 Å². The van der Waals surface area contributed by atoms with Crippen molar-refractivity contribution in [3.05, 3.63) is 17.7 Å². The third kappa shape index (κ3) is 2.79. The molecular formula is C11H13ClO4. The summed E-state index contributed by atoms with van der Waals surface area (Å²) in [5.74, 6) is 1.22. The molecule has 0 saturated carbocycles. The topological polar surface area (TPSA) is 44.8 Å². The number of esters is 1. The Morgan fingerprint density at radius 1 is 1.19 bits per heavy atom. The van der Waals surface area contributed by atoms with Crippen LogP contribution in [0.5, 0.6) is 17.2 Å². The van der Waals surface area contributed by atoms with Crippen molar-refractivity contribution in [2.75, 3.05) is 14.2 Å². The molecule has 0 aromatic heterocycles. The quantitative estimate of drug-likeness (QED) is 0.463. The molecule has 16 heavy (non-hydrogen) atoms. The van der Waals surface area contributed by atoms with Gasteiger partial charge in [-0.1, -0.05) is 0 Å². The Bertz CT molecular complexity index is 390. The maximum absolute atomic E-state index is 10.9. The van der Waals surface area contributed by atoms with Gasteiger partial charge in [-0.05, 0) is 6.07 Å². The lowest BCUT2D eigenvalue weighted by Gasteiger charge is -2.12. The molecule has 0 heterocycles. The third-order valence-corrected chi connectivity index (χ3v) is 2.25. The van der Waals surface area contributed by atoms with E-state index in [4.69, 9.17) is 25.8 Å². The highest BCUT2D eigenvalue weighted by Gasteiger charge is 2.13. The van der Waals surface area contributed by atoms with Crippen LogP contribution in [-0.2, 0) is 10.7 Å². The Balaban J connectivity index is 3.20. The summed E-state index contributed by atoms with van der Waals surface area (Å²) in [5, 5.41) is 0. The van der Waals surface area contributed by atoms with Gasteiger partial charge in [-0.3, -0.25) is 4.79 Å². The summed E-state index contributed by atoms with van der Waals surface area (Å²) >= 11 is 5.75. The van der Waals surface area contributed by atoms with Gasteiger partial charge in [-0.2, -0.15) is 0 Å². The molecule has 0 saturated heterocycles. The van der Waals surface area contributed by atoms with E-state index in [1.165, 1.54) is 21.1 Å². The zero-order valence-electron chi connectivity index (χ0n) is 9.37. The van der Waals surface area contributed by atoms with E-state index in [0.717, 1.165) is 5.56 Å². The molecule has 0 N–H and O–H groups in total. The molecule has 1 rings (SSSR count). The molecule has 4 nitrogen and oxygen atoms in total. The zero-order valence-corrected chi connectivity index (χ0v) is 10.1. The van der Waals surface area contributed by atoms with E-state index < -0.39 is 5.97 Å². The minimum atomic E-state index is -0.413. The second kappa shape index (κ2) is 5.61. The molecule has 0 spiro atoms. The highest BCUT2D eigenvalue weighted by Crippen LogP contribution is 2.35. The lowest BCUT2D eigenvalue weighted by atomic mass is 10.2. The lowest BCUT2D eigenvalue weighted by molar-refractivity contribution is -0.132. The van der Waals surface area contributed by atoms with Gasteiger partial charge in [0.2, 0.25) is 0 Å². The molecule has 0 unspecified atom stereocenters. The molecule has 0 aliphatic carbocycles. The second-order valence-electron chi connectivity index (χ2n) is 3.04. The number of benzene rings is 1. The summed E-state index contributed by atoms with van der Waals surface area (Å²) in [6.45, 7) is 1.32. The number of halogens is 1. The number of alkyl halides is 1. The van der Waals surface area contributed by atoms with Crippen molar-refractivity contribution >= 4 is 17.6 Å². The molecule has 1 aromatic rings. The normalized spacial score (nSPS) is 9.75. The fraction of sp³-hybridized carbons (Fsp3) is 0.364. The largest absolute Gasteiger partial charge is 0.496 e. The molecule has 0 atom stereocenters. The minimum absolute atomic E-state index is 0.265. The Morgan fingerprint density at radius 3 is 2.25 bits per heavy atom. The number of rotatable bonds is 4. The summed E-state index contributed by atoms with van der Waals surface area (Å²) < 4.78 is 15.2. The van der Waals surface area contributed by atoms with Crippen molar-refractivity contribution in [2.24, 2.45) is 0 Å². The Kier molecular flexibility index (Phi) is 4.43. The van der Waals surface area contributed by atoms with Crippen LogP contribution in [0.25, 0.3) is 0 Å². The van der Waals surface area contributed by atoms with Crippen molar-refractivity contribution in [3.8, 4) is 17.2 Å². The maximum Gasteiger partial charge on any atom is 0.308 e. The SMILES string of the molecule is COc1cc(OC)c(OC(C)=O)cc1CCl. The van der Waals surface area contributed by atoms with Crippen molar-refractivity contribution in [1.82, 2.24) is 0 Å². The average Bonchev–Trinajstić information content (AvgIpc) is 2.27. The van der Waals surface area contributed by atoms with Crippen molar-refractivity contribution in [2.45, 2.75) is 12.8 Å². The first-order valence-electron chi connectivity index (χ1n) is 4.61. The van der Waals surface area contributed by atoms with Crippen LogP contribution >= 0.6 is 11.6 Å². The molecule has 0 bridgehead atoms. The van der Waals surface area contributed by atoms with E-state index in [-0.39, 0.29) is 5.88 Å². The van der Waals surface area contributed by atoms with E-state index in [0.29, 0.717) is 17.2 Å². The van der Waals surface area contributed by atoms with Crippen LogP contribution in [0, 0.1) is 0 Å². The molecule has 0 aliphatic heterocycles. The maximum atomic E-state index is 10.9. The predicted molar refractivity (Wildman–Crippen MR) is 60.4 cm³/mol. The van der Waals surface area contributed by atoms with Crippen LogP contribution < -0.4 is 14.2 Å². The molecule has 5 heteroatoms. The summed E-state index contributed by atoms with van der Waals surface area (Å²) in [6, 6.07) is 3.27. The highest BCUT2D eigenvalue weighted by molar-refractivity contribution is 6.17.